The van der Waals surface area contributed by atoms with Gasteiger partial charge < -0.3 is 4.74 Å². The normalized spacial score (nSPS) is 14.9. The minimum Gasteiger partial charge on any atom is -0.471 e. The fourth-order valence-electron chi connectivity index (χ4n) is 1.43. The van der Waals surface area contributed by atoms with Crippen molar-refractivity contribution in [1.29, 1.82) is 0 Å². The molecule has 0 N–H and O–H groups in total. The summed E-state index contributed by atoms with van der Waals surface area (Å²) in [6.07, 6.45) is -0.769. The zero-order valence-corrected chi connectivity index (χ0v) is 11.3. The van der Waals surface area contributed by atoms with Crippen LogP contribution in [-0.4, -0.2) is 18.8 Å². The first-order chi connectivity index (χ1) is 8.97. The van der Waals surface area contributed by atoms with Gasteiger partial charge >= 0.3 is 6.18 Å². The van der Waals surface area contributed by atoms with Crippen LogP contribution in [0.2, 0.25) is 0 Å². The van der Waals surface area contributed by atoms with Crippen LogP contribution in [0.15, 0.2) is 29.2 Å². The number of ether oxygens (including phenoxy) is 1. The lowest BCUT2D eigenvalue weighted by molar-refractivity contribution is -0.137. The van der Waals surface area contributed by atoms with Gasteiger partial charge in [0.2, 0.25) is 0 Å². The monoisotopic (exact) mass is 292 g/mol. The molecule has 106 valence electrons. The van der Waals surface area contributed by atoms with Gasteiger partial charge in [0, 0.05) is 10.1 Å². The van der Waals surface area contributed by atoms with Crippen molar-refractivity contribution in [1.82, 2.24) is 0 Å². The van der Waals surface area contributed by atoms with Crippen LogP contribution in [0, 0.1) is 0 Å². The molecular formula is C13H15F3O2S. The predicted molar refractivity (Wildman–Crippen MR) is 68.0 cm³/mol. The molecule has 0 amide bonds. The van der Waals surface area contributed by atoms with E-state index in [4.69, 9.17) is 4.79 Å². The van der Waals surface area contributed by atoms with E-state index in [2.05, 4.69) is 4.74 Å². The van der Waals surface area contributed by atoms with Crippen LogP contribution in [0.25, 0.3) is 0 Å². The molecule has 2 rings (SSSR count). The Kier molecular flexibility index (Phi) is 6.21. The summed E-state index contributed by atoms with van der Waals surface area (Å²) in [5.74, 6) is 0. The Morgan fingerprint density at radius 1 is 1.37 bits per heavy atom. The van der Waals surface area contributed by atoms with Crippen molar-refractivity contribution in [2.24, 2.45) is 0 Å². The summed E-state index contributed by atoms with van der Waals surface area (Å²) in [7, 11) is 1.31. The number of thioether (sulfide) groups is 1. The van der Waals surface area contributed by atoms with Gasteiger partial charge in [0.05, 0.1) is 12.7 Å². The maximum atomic E-state index is 12.4. The largest absolute Gasteiger partial charge is 0.471 e. The molecule has 0 radical (unpaired) electrons. The van der Waals surface area contributed by atoms with Gasteiger partial charge in [-0.3, -0.25) is 4.79 Å². The summed E-state index contributed by atoms with van der Waals surface area (Å²) in [6, 6.07) is 5.58. The second kappa shape index (κ2) is 7.43. The smallest absolute Gasteiger partial charge is 0.416 e. The lowest BCUT2D eigenvalue weighted by Gasteiger charge is -2.24. The highest BCUT2D eigenvalue weighted by molar-refractivity contribution is 8.00. The number of halogens is 3. The fourth-order valence-corrected chi connectivity index (χ4v) is 2.73. The van der Waals surface area contributed by atoms with Crippen molar-refractivity contribution in [2.45, 2.75) is 35.6 Å². The highest BCUT2D eigenvalue weighted by Gasteiger charge is 2.30. The van der Waals surface area contributed by atoms with E-state index >= 15 is 0 Å². The van der Waals surface area contributed by atoms with E-state index in [1.54, 1.807) is 17.8 Å². The summed E-state index contributed by atoms with van der Waals surface area (Å²) in [4.78, 5) is 9.68. The van der Waals surface area contributed by atoms with Crippen molar-refractivity contribution in [3.8, 4) is 0 Å². The quantitative estimate of drug-likeness (QED) is 0.783. The van der Waals surface area contributed by atoms with E-state index in [-0.39, 0.29) is 0 Å². The highest BCUT2D eigenvalue weighted by atomic mass is 32.2. The van der Waals surface area contributed by atoms with Crippen LogP contribution in [0.4, 0.5) is 13.2 Å². The summed E-state index contributed by atoms with van der Waals surface area (Å²) < 4.78 is 41.0. The predicted octanol–water partition coefficient (Wildman–Crippen LogP) is 4.14. The van der Waals surface area contributed by atoms with Crippen LogP contribution >= 0.6 is 11.8 Å². The van der Waals surface area contributed by atoms with Gasteiger partial charge in [-0.1, -0.05) is 12.5 Å². The minimum atomic E-state index is -4.23. The van der Waals surface area contributed by atoms with Crippen LogP contribution in [0.5, 0.6) is 0 Å². The van der Waals surface area contributed by atoms with E-state index in [9.17, 15) is 13.2 Å². The topological polar surface area (TPSA) is 26.3 Å². The zero-order chi connectivity index (χ0) is 14.3. The average molecular weight is 292 g/mol. The average Bonchev–Trinajstić information content (AvgIpc) is 2.34. The van der Waals surface area contributed by atoms with E-state index in [1.165, 1.54) is 25.7 Å². The van der Waals surface area contributed by atoms with Gasteiger partial charge in [0.15, 0.2) is 0 Å². The Balaban J connectivity index is 0.000000399. The molecule has 0 atom stereocenters. The molecule has 1 aromatic carbocycles. The van der Waals surface area contributed by atoms with Crippen LogP contribution in [0.3, 0.4) is 0 Å². The molecule has 1 aliphatic rings. The first-order valence-electron chi connectivity index (χ1n) is 5.77. The molecule has 2 nitrogen and oxygen atoms in total. The SMILES string of the molecule is COC=O.FC(F)(F)c1cccc(SC2CCC2)c1. The first kappa shape index (κ1) is 15.9. The second-order valence-corrected chi connectivity index (χ2v) is 5.40. The molecule has 0 aliphatic heterocycles. The maximum absolute atomic E-state index is 12.4. The molecular weight excluding hydrogens is 277 g/mol. The van der Waals surface area contributed by atoms with Crippen molar-refractivity contribution >= 4 is 18.2 Å². The number of rotatable bonds is 3. The van der Waals surface area contributed by atoms with Gasteiger partial charge in [-0.15, -0.1) is 11.8 Å². The molecule has 0 saturated heterocycles. The Morgan fingerprint density at radius 3 is 2.42 bits per heavy atom. The number of alkyl halides is 3. The van der Waals surface area contributed by atoms with Gasteiger partial charge in [0.1, 0.15) is 0 Å². The van der Waals surface area contributed by atoms with Gasteiger partial charge in [-0.25, -0.2) is 0 Å². The second-order valence-electron chi connectivity index (χ2n) is 4.03. The third-order valence-electron chi connectivity index (χ3n) is 2.61. The molecule has 1 fully saturated rings. The third kappa shape index (κ3) is 5.55. The van der Waals surface area contributed by atoms with Crippen LogP contribution in [0.1, 0.15) is 24.8 Å². The van der Waals surface area contributed by atoms with Crippen LogP contribution in [-0.2, 0) is 15.7 Å². The van der Waals surface area contributed by atoms with E-state index in [0.29, 0.717) is 11.7 Å². The summed E-state index contributed by atoms with van der Waals surface area (Å²) in [5, 5.41) is 0.522. The lowest BCUT2D eigenvalue weighted by Crippen LogP contribution is -2.13. The lowest BCUT2D eigenvalue weighted by atomic mass is 10.00. The van der Waals surface area contributed by atoms with Gasteiger partial charge in [-0.2, -0.15) is 13.2 Å². The highest BCUT2D eigenvalue weighted by Crippen LogP contribution is 2.38. The molecule has 1 saturated carbocycles. The summed E-state index contributed by atoms with van der Waals surface area (Å²) in [6.45, 7) is 0.375. The Hall–Kier alpha value is -1.17. The number of carbonyl (C=O) groups excluding carboxylic acids is 1. The molecule has 1 aromatic rings. The Morgan fingerprint density at radius 2 is 2.00 bits per heavy atom. The fraction of sp³-hybridized carbons (Fsp3) is 0.462. The molecule has 0 aromatic heterocycles. The minimum absolute atomic E-state index is 0.375. The van der Waals surface area contributed by atoms with Gasteiger partial charge in [-0.05, 0) is 31.0 Å². The molecule has 0 heterocycles. The third-order valence-corrected chi connectivity index (χ3v) is 3.94. The summed E-state index contributed by atoms with van der Waals surface area (Å²) >= 11 is 1.56. The zero-order valence-electron chi connectivity index (χ0n) is 10.4. The molecule has 1 aliphatic carbocycles. The molecule has 0 spiro atoms. The first-order valence-corrected chi connectivity index (χ1v) is 6.65. The Bertz CT molecular complexity index is 403. The number of hydrogen-bond donors (Lipinski definition) is 0. The Labute approximate surface area is 114 Å². The van der Waals surface area contributed by atoms with E-state index in [1.807, 2.05) is 0 Å². The van der Waals surface area contributed by atoms with Gasteiger partial charge in [0.25, 0.3) is 6.47 Å². The van der Waals surface area contributed by atoms with Crippen molar-refractivity contribution < 1.29 is 22.7 Å². The van der Waals surface area contributed by atoms with E-state index in [0.717, 1.165) is 23.8 Å². The molecule has 19 heavy (non-hydrogen) atoms. The van der Waals surface area contributed by atoms with Crippen LogP contribution < -0.4 is 0 Å². The molecule has 0 unspecified atom stereocenters. The number of benzene rings is 1. The van der Waals surface area contributed by atoms with Crippen molar-refractivity contribution in [2.75, 3.05) is 7.11 Å². The number of hydrogen-bond acceptors (Lipinski definition) is 3. The maximum Gasteiger partial charge on any atom is 0.416 e. The molecule has 6 heteroatoms. The summed E-state index contributed by atoms with van der Waals surface area (Å²) in [5.41, 5.74) is -0.549. The standard InChI is InChI=1S/C11H11F3S.C2H4O2/c12-11(13,14)8-3-1-6-10(7-8)15-9-4-2-5-9;1-4-2-3/h1,3,6-7,9H,2,4-5H2;2H,1H3. The van der Waals surface area contributed by atoms with Crippen molar-refractivity contribution in [3.63, 3.8) is 0 Å². The van der Waals surface area contributed by atoms with E-state index < -0.39 is 11.7 Å². The number of carbonyl (C=O) groups is 1. The van der Waals surface area contributed by atoms with Crippen molar-refractivity contribution in [3.05, 3.63) is 29.8 Å². The number of methoxy groups -OCH3 is 1. The molecule has 0 bridgehead atoms.